The minimum atomic E-state index is -0.135. The summed E-state index contributed by atoms with van der Waals surface area (Å²) in [7, 11) is 0. The van der Waals surface area contributed by atoms with Crippen molar-refractivity contribution >= 4 is 5.97 Å². The molecule has 0 amide bonds. The molecule has 0 aliphatic heterocycles. The van der Waals surface area contributed by atoms with Gasteiger partial charge in [0.2, 0.25) is 0 Å². The van der Waals surface area contributed by atoms with Gasteiger partial charge in [-0.1, -0.05) is 104 Å². The normalized spacial score (nSPS) is 11.3. The Morgan fingerprint density at radius 3 is 1.20 bits per heavy atom. The summed E-state index contributed by atoms with van der Waals surface area (Å²) in [5.41, 5.74) is 0. The standard InChI is InChI=1S/C29H58O6/c1-3-5-7-8-9-10-11-12-13-14-15-16-18-20-31-21-22-32-23-24-33-25-26-34-27-28-35-29(30)19-17-6-4-2/h3-28H2,1-2H3. The monoisotopic (exact) mass is 502 g/mol. The first-order valence-corrected chi connectivity index (χ1v) is 14.8. The lowest BCUT2D eigenvalue weighted by Crippen LogP contribution is -2.14. The van der Waals surface area contributed by atoms with Crippen LogP contribution in [0.4, 0.5) is 0 Å². The molecule has 0 fully saturated rings. The Labute approximate surface area is 217 Å². The van der Waals surface area contributed by atoms with Crippen LogP contribution in [0.3, 0.4) is 0 Å². The van der Waals surface area contributed by atoms with E-state index in [1.807, 2.05) is 0 Å². The highest BCUT2D eigenvalue weighted by Crippen LogP contribution is 2.12. The molecule has 0 atom stereocenters. The van der Waals surface area contributed by atoms with Crippen LogP contribution in [0.5, 0.6) is 0 Å². The summed E-state index contributed by atoms with van der Waals surface area (Å²) in [6.45, 7) is 9.35. The third-order valence-corrected chi connectivity index (χ3v) is 5.98. The molecule has 35 heavy (non-hydrogen) atoms. The van der Waals surface area contributed by atoms with Crippen LogP contribution in [-0.4, -0.2) is 65.4 Å². The van der Waals surface area contributed by atoms with Gasteiger partial charge in [-0.2, -0.15) is 0 Å². The predicted molar refractivity (Wildman–Crippen MR) is 144 cm³/mol. The summed E-state index contributed by atoms with van der Waals surface area (Å²) in [6, 6.07) is 0. The van der Waals surface area contributed by atoms with Crippen LogP contribution in [-0.2, 0) is 28.5 Å². The van der Waals surface area contributed by atoms with E-state index in [0.29, 0.717) is 59.3 Å². The van der Waals surface area contributed by atoms with Gasteiger partial charge in [0.15, 0.2) is 0 Å². The van der Waals surface area contributed by atoms with Gasteiger partial charge >= 0.3 is 5.97 Å². The Kier molecular flexibility index (Phi) is 30.7. The number of ether oxygens (including phenoxy) is 5. The molecule has 0 aliphatic rings. The largest absolute Gasteiger partial charge is 0.463 e. The first kappa shape index (κ1) is 34.3. The Morgan fingerprint density at radius 2 is 0.743 bits per heavy atom. The van der Waals surface area contributed by atoms with Crippen LogP contribution in [0.15, 0.2) is 0 Å². The molecule has 0 saturated heterocycles. The molecule has 0 saturated carbocycles. The topological polar surface area (TPSA) is 63.2 Å². The van der Waals surface area contributed by atoms with Gasteiger partial charge < -0.3 is 23.7 Å². The van der Waals surface area contributed by atoms with Gasteiger partial charge in [-0.15, -0.1) is 0 Å². The van der Waals surface area contributed by atoms with Crippen molar-refractivity contribution in [2.24, 2.45) is 0 Å². The molecule has 0 aliphatic carbocycles. The van der Waals surface area contributed by atoms with E-state index in [2.05, 4.69) is 13.8 Å². The first-order chi connectivity index (χ1) is 17.3. The smallest absolute Gasteiger partial charge is 0.305 e. The molecule has 0 N–H and O–H groups in total. The van der Waals surface area contributed by atoms with Gasteiger partial charge in [-0.3, -0.25) is 4.79 Å². The highest BCUT2D eigenvalue weighted by molar-refractivity contribution is 5.69. The molecule has 0 spiro atoms. The zero-order chi connectivity index (χ0) is 25.5. The molecule has 210 valence electrons. The zero-order valence-electron chi connectivity index (χ0n) is 23.3. The maximum atomic E-state index is 11.4. The maximum absolute atomic E-state index is 11.4. The second-order valence-corrected chi connectivity index (χ2v) is 9.37. The SMILES string of the molecule is CCCCCCCCCCCCCCCOCCOCCOCCOCCOC(=O)CCCCC. The molecule has 0 bridgehead atoms. The lowest BCUT2D eigenvalue weighted by Gasteiger charge is -2.08. The number of hydrogen-bond donors (Lipinski definition) is 0. The second kappa shape index (κ2) is 31.3. The second-order valence-electron chi connectivity index (χ2n) is 9.37. The van der Waals surface area contributed by atoms with E-state index in [4.69, 9.17) is 23.7 Å². The minimum absolute atomic E-state index is 0.135. The fourth-order valence-corrected chi connectivity index (χ4v) is 3.79. The van der Waals surface area contributed by atoms with Gasteiger partial charge in [0.1, 0.15) is 6.61 Å². The van der Waals surface area contributed by atoms with Crippen LogP contribution >= 0.6 is 0 Å². The molecule has 0 aromatic carbocycles. The summed E-state index contributed by atoms with van der Waals surface area (Å²) >= 11 is 0. The average molecular weight is 503 g/mol. The zero-order valence-corrected chi connectivity index (χ0v) is 23.3. The predicted octanol–water partition coefficient (Wildman–Crippen LogP) is 7.27. The Morgan fingerprint density at radius 1 is 0.400 bits per heavy atom. The third kappa shape index (κ3) is 31.3. The molecule has 0 radical (unpaired) electrons. The molecule has 0 heterocycles. The lowest BCUT2D eigenvalue weighted by molar-refractivity contribution is -0.145. The van der Waals surface area contributed by atoms with Crippen molar-refractivity contribution in [1.82, 2.24) is 0 Å². The van der Waals surface area contributed by atoms with Crippen LogP contribution in [0, 0.1) is 0 Å². The van der Waals surface area contributed by atoms with Crippen molar-refractivity contribution in [2.75, 3.05) is 59.5 Å². The quantitative estimate of drug-likeness (QED) is 0.0760. The Hall–Kier alpha value is -0.690. The third-order valence-electron chi connectivity index (χ3n) is 5.98. The molecule has 0 aromatic rings. The molecule has 6 nitrogen and oxygen atoms in total. The number of hydrogen-bond acceptors (Lipinski definition) is 6. The molecule has 0 unspecified atom stereocenters. The Bertz CT molecular complexity index is 405. The van der Waals surface area contributed by atoms with E-state index in [-0.39, 0.29) is 5.97 Å². The van der Waals surface area contributed by atoms with Crippen LogP contribution in [0.25, 0.3) is 0 Å². The van der Waals surface area contributed by atoms with E-state index in [1.54, 1.807) is 0 Å². The Balaban J connectivity index is 3.06. The summed E-state index contributed by atoms with van der Waals surface area (Å²) in [6.07, 6.45) is 21.4. The van der Waals surface area contributed by atoms with Crippen molar-refractivity contribution in [3.63, 3.8) is 0 Å². The lowest BCUT2D eigenvalue weighted by atomic mass is 10.0. The van der Waals surface area contributed by atoms with Crippen molar-refractivity contribution in [3.8, 4) is 0 Å². The van der Waals surface area contributed by atoms with Crippen molar-refractivity contribution in [1.29, 1.82) is 0 Å². The fraction of sp³-hybridized carbons (Fsp3) is 0.966. The van der Waals surface area contributed by atoms with Crippen molar-refractivity contribution < 1.29 is 28.5 Å². The molecular formula is C29H58O6. The van der Waals surface area contributed by atoms with Gasteiger partial charge in [0.25, 0.3) is 0 Å². The van der Waals surface area contributed by atoms with Gasteiger partial charge in [-0.25, -0.2) is 0 Å². The molecular weight excluding hydrogens is 444 g/mol. The van der Waals surface area contributed by atoms with E-state index in [0.717, 1.165) is 32.3 Å². The van der Waals surface area contributed by atoms with Crippen molar-refractivity contribution in [2.45, 2.75) is 123 Å². The number of rotatable bonds is 30. The molecule has 0 rings (SSSR count). The molecule has 6 heteroatoms. The minimum Gasteiger partial charge on any atom is -0.463 e. The number of carbonyl (C=O) groups excluding carboxylic acids is 1. The van der Waals surface area contributed by atoms with E-state index in [9.17, 15) is 4.79 Å². The summed E-state index contributed by atoms with van der Waals surface area (Å²) in [4.78, 5) is 11.4. The first-order valence-electron chi connectivity index (χ1n) is 14.8. The van der Waals surface area contributed by atoms with Gasteiger partial charge in [0.05, 0.1) is 46.2 Å². The fourth-order valence-electron chi connectivity index (χ4n) is 3.79. The van der Waals surface area contributed by atoms with E-state index in [1.165, 1.54) is 77.0 Å². The highest BCUT2D eigenvalue weighted by Gasteiger charge is 2.01. The van der Waals surface area contributed by atoms with Gasteiger partial charge in [-0.05, 0) is 12.8 Å². The summed E-state index contributed by atoms with van der Waals surface area (Å²) in [5.74, 6) is -0.135. The highest BCUT2D eigenvalue weighted by atomic mass is 16.6. The number of esters is 1. The van der Waals surface area contributed by atoms with E-state index < -0.39 is 0 Å². The summed E-state index contributed by atoms with van der Waals surface area (Å²) < 4.78 is 27.1. The van der Waals surface area contributed by atoms with E-state index >= 15 is 0 Å². The molecule has 0 aromatic heterocycles. The van der Waals surface area contributed by atoms with Crippen LogP contribution < -0.4 is 0 Å². The van der Waals surface area contributed by atoms with Crippen molar-refractivity contribution in [3.05, 3.63) is 0 Å². The number of carbonyl (C=O) groups is 1. The van der Waals surface area contributed by atoms with Gasteiger partial charge in [0, 0.05) is 13.0 Å². The summed E-state index contributed by atoms with van der Waals surface area (Å²) in [5, 5.41) is 0. The number of unbranched alkanes of at least 4 members (excludes halogenated alkanes) is 14. The average Bonchev–Trinajstić information content (AvgIpc) is 2.86. The van der Waals surface area contributed by atoms with Crippen LogP contribution in [0.2, 0.25) is 0 Å². The van der Waals surface area contributed by atoms with Crippen LogP contribution in [0.1, 0.15) is 123 Å². The maximum Gasteiger partial charge on any atom is 0.305 e.